The van der Waals surface area contributed by atoms with E-state index in [1.54, 1.807) is 0 Å². The standard InChI is InChI=1S/C23H24F3N3/c1-15-5-7-19(11-17(15)3)13-29(14-20-8-6-16(2)18(4)12-20)22-10-9-21(27-28-22)23(24,25)26/h5-12H,13-14H2,1-4H3. The van der Waals surface area contributed by atoms with Crippen LogP contribution >= 0.6 is 0 Å². The summed E-state index contributed by atoms with van der Waals surface area (Å²) >= 11 is 0. The van der Waals surface area contributed by atoms with E-state index in [2.05, 4.69) is 34.5 Å². The van der Waals surface area contributed by atoms with E-state index in [4.69, 9.17) is 0 Å². The first-order valence-corrected chi connectivity index (χ1v) is 9.41. The van der Waals surface area contributed by atoms with Crippen molar-refractivity contribution in [1.29, 1.82) is 0 Å². The summed E-state index contributed by atoms with van der Waals surface area (Å²) in [4.78, 5) is 1.95. The summed E-state index contributed by atoms with van der Waals surface area (Å²) in [5.41, 5.74) is 5.89. The van der Waals surface area contributed by atoms with Crippen molar-refractivity contribution in [1.82, 2.24) is 10.2 Å². The Balaban J connectivity index is 1.93. The molecule has 0 saturated heterocycles. The van der Waals surface area contributed by atoms with Gasteiger partial charge < -0.3 is 4.90 Å². The summed E-state index contributed by atoms with van der Waals surface area (Å²) in [6.07, 6.45) is -4.50. The number of nitrogens with zero attached hydrogens (tertiary/aromatic N) is 3. The quantitative estimate of drug-likeness (QED) is 0.532. The maximum Gasteiger partial charge on any atom is 0.435 e. The fourth-order valence-corrected chi connectivity index (χ4v) is 3.11. The van der Waals surface area contributed by atoms with Crippen LogP contribution in [0.15, 0.2) is 48.5 Å². The van der Waals surface area contributed by atoms with Crippen molar-refractivity contribution in [2.24, 2.45) is 0 Å². The highest BCUT2D eigenvalue weighted by molar-refractivity contribution is 5.42. The molecule has 1 aromatic heterocycles. The van der Waals surface area contributed by atoms with Gasteiger partial charge in [0.05, 0.1) is 0 Å². The molecule has 0 aliphatic heterocycles. The topological polar surface area (TPSA) is 29.0 Å². The van der Waals surface area contributed by atoms with Crippen molar-refractivity contribution in [2.45, 2.75) is 47.0 Å². The molecule has 0 fully saturated rings. The number of alkyl halides is 3. The minimum absolute atomic E-state index is 0.412. The SMILES string of the molecule is Cc1ccc(CN(Cc2ccc(C)c(C)c2)c2ccc(C(F)(F)F)nn2)cc1C. The third kappa shape index (κ3) is 5.13. The largest absolute Gasteiger partial charge is 0.435 e. The number of hydrogen-bond donors (Lipinski definition) is 0. The van der Waals surface area contributed by atoms with Crippen molar-refractivity contribution in [2.75, 3.05) is 4.90 Å². The lowest BCUT2D eigenvalue weighted by Gasteiger charge is -2.24. The van der Waals surface area contributed by atoms with Gasteiger partial charge in [-0.2, -0.15) is 13.2 Å². The summed E-state index contributed by atoms with van der Waals surface area (Å²) in [6.45, 7) is 9.23. The molecule has 152 valence electrons. The van der Waals surface area contributed by atoms with Gasteiger partial charge in [-0.3, -0.25) is 0 Å². The first-order chi connectivity index (χ1) is 13.6. The third-order valence-corrected chi connectivity index (χ3v) is 5.15. The molecule has 0 radical (unpaired) electrons. The fourth-order valence-electron chi connectivity index (χ4n) is 3.11. The zero-order valence-electron chi connectivity index (χ0n) is 17.0. The lowest BCUT2D eigenvalue weighted by Crippen LogP contribution is -2.24. The van der Waals surface area contributed by atoms with Gasteiger partial charge in [-0.1, -0.05) is 36.4 Å². The second-order valence-corrected chi connectivity index (χ2v) is 7.47. The molecule has 0 saturated carbocycles. The van der Waals surface area contributed by atoms with Crippen LogP contribution in [0.3, 0.4) is 0 Å². The molecule has 0 spiro atoms. The summed E-state index contributed by atoms with van der Waals surface area (Å²) < 4.78 is 38.6. The number of rotatable bonds is 5. The minimum Gasteiger partial charge on any atom is -0.346 e. The third-order valence-electron chi connectivity index (χ3n) is 5.15. The van der Waals surface area contributed by atoms with Crippen LogP contribution in [0.4, 0.5) is 19.0 Å². The zero-order valence-corrected chi connectivity index (χ0v) is 17.0. The first-order valence-electron chi connectivity index (χ1n) is 9.41. The van der Waals surface area contributed by atoms with Crippen molar-refractivity contribution in [3.63, 3.8) is 0 Å². The molecule has 2 aromatic carbocycles. The Kier molecular flexibility index (Phi) is 5.91. The van der Waals surface area contributed by atoms with Gasteiger partial charge in [0.15, 0.2) is 11.5 Å². The Morgan fingerprint density at radius 3 is 1.59 bits per heavy atom. The normalized spacial score (nSPS) is 11.6. The van der Waals surface area contributed by atoms with E-state index in [9.17, 15) is 13.2 Å². The number of aryl methyl sites for hydroxylation is 4. The summed E-state index contributed by atoms with van der Waals surface area (Å²) in [6, 6.07) is 14.7. The lowest BCUT2D eigenvalue weighted by molar-refractivity contribution is -0.141. The van der Waals surface area contributed by atoms with Crippen LogP contribution in [0.1, 0.15) is 39.1 Å². The van der Waals surface area contributed by atoms with Crippen LogP contribution in [-0.2, 0) is 19.3 Å². The number of anilines is 1. The zero-order chi connectivity index (χ0) is 21.2. The Bertz CT molecular complexity index is 942. The Morgan fingerprint density at radius 1 is 0.690 bits per heavy atom. The molecular formula is C23H24F3N3. The summed E-state index contributed by atoms with van der Waals surface area (Å²) in [7, 11) is 0. The van der Waals surface area contributed by atoms with Crippen LogP contribution in [0.25, 0.3) is 0 Å². The predicted molar refractivity (Wildman–Crippen MR) is 109 cm³/mol. The second-order valence-electron chi connectivity index (χ2n) is 7.47. The molecule has 3 nitrogen and oxygen atoms in total. The van der Waals surface area contributed by atoms with E-state index in [0.717, 1.165) is 17.2 Å². The van der Waals surface area contributed by atoms with Gasteiger partial charge >= 0.3 is 6.18 Å². The highest BCUT2D eigenvalue weighted by atomic mass is 19.4. The monoisotopic (exact) mass is 399 g/mol. The molecule has 0 aliphatic carbocycles. The summed E-state index contributed by atoms with van der Waals surface area (Å²) in [5.74, 6) is 0.412. The maximum absolute atomic E-state index is 12.9. The van der Waals surface area contributed by atoms with Gasteiger partial charge in [0.2, 0.25) is 0 Å². The van der Waals surface area contributed by atoms with E-state index in [1.165, 1.54) is 28.3 Å². The second kappa shape index (κ2) is 8.23. The molecule has 0 atom stereocenters. The highest BCUT2D eigenvalue weighted by Crippen LogP contribution is 2.28. The molecule has 0 unspecified atom stereocenters. The van der Waals surface area contributed by atoms with Gasteiger partial charge in [0, 0.05) is 13.1 Å². The van der Waals surface area contributed by atoms with Gasteiger partial charge in [-0.15, -0.1) is 10.2 Å². The smallest absolute Gasteiger partial charge is 0.346 e. The Morgan fingerprint density at radius 2 is 1.21 bits per heavy atom. The van der Waals surface area contributed by atoms with Crippen molar-refractivity contribution in [3.8, 4) is 0 Å². The van der Waals surface area contributed by atoms with Crippen LogP contribution in [0.2, 0.25) is 0 Å². The van der Waals surface area contributed by atoms with Crippen LogP contribution in [0.5, 0.6) is 0 Å². The Hall–Kier alpha value is -2.89. The van der Waals surface area contributed by atoms with Crippen molar-refractivity contribution in [3.05, 3.63) is 87.6 Å². The van der Waals surface area contributed by atoms with E-state index >= 15 is 0 Å². The molecule has 3 rings (SSSR count). The molecule has 0 bridgehead atoms. The fraction of sp³-hybridized carbons (Fsp3) is 0.304. The van der Waals surface area contributed by atoms with E-state index in [1.807, 2.05) is 44.7 Å². The molecular weight excluding hydrogens is 375 g/mol. The van der Waals surface area contributed by atoms with Gasteiger partial charge in [-0.05, 0) is 73.2 Å². The van der Waals surface area contributed by atoms with Crippen LogP contribution in [-0.4, -0.2) is 10.2 Å². The van der Waals surface area contributed by atoms with E-state index in [-0.39, 0.29) is 0 Å². The minimum atomic E-state index is -4.50. The predicted octanol–water partition coefficient (Wildman–Crippen LogP) is 5.94. The van der Waals surface area contributed by atoms with Gasteiger partial charge in [0.25, 0.3) is 0 Å². The van der Waals surface area contributed by atoms with Crippen molar-refractivity contribution >= 4 is 5.82 Å². The number of halogens is 3. The molecule has 3 aromatic rings. The number of benzene rings is 2. The average Bonchev–Trinajstić information content (AvgIpc) is 2.66. The highest BCUT2D eigenvalue weighted by Gasteiger charge is 2.33. The van der Waals surface area contributed by atoms with E-state index < -0.39 is 11.9 Å². The first kappa shape index (κ1) is 20.8. The Labute approximate surface area is 169 Å². The lowest BCUT2D eigenvalue weighted by atomic mass is 10.0. The molecule has 1 heterocycles. The average molecular weight is 399 g/mol. The molecule has 0 amide bonds. The number of hydrogen-bond acceptors (Lipinski definition) is 3. The van der Waals surface area contributed by atoms with Crippen LogP contribution in [0, 0.1) is 27.7 Å². The van der Waals surface area contributed by atoms with Crippen molar-refractivity contribution < 1.29 is 13.2 Å². The van der Waals surface area contributed by atoms with E-state index in [0.29, 0.717) is 18.9 Å². The molecule has 0 aliphatic rings. The summed E-state index contributed by atoms with van der Waals surface area (Å²) in [5, 5.41) is 7.27. The molecule has 6 heteroatoms. The number of aromatic nitrogens is 2. The molecule has 0 N–H and O–H groups in total. The molecule has 29 heavy (non-hydrogen) atoms. The maximum atomic E-state index is 12.9. The van der Waals surface area contributed by atoms with Gasteiger partial charge in [0.1, 0.15) is 0 Å². The van der Waals surface area contributed by atoms with Crippen LogP contribution < -0.4 is 4.90 Å². The van der Waals surface area contributed by atoms with Gasteiger partial charge in [-0.25, -0.2) is 0 Å².